The molecule has 1 N–H and O–H groups in total. The van der Waals surface area contributed by atoms with Gasteiger partial charge in [-0.15, -0.1) is 0 Å². The van der Waals surface area contributed by atoms with E-state index in [9.17, 15) is 19.2 Å². The van der Waals surface area contributed by atoms with Crippen LogP contribution in [0.4, 0.5) is 0 Å². The van der Waals surface area contributed by atoms with Crippen molar-refractivity contribution in [3.05, 3.63) is 72.8 Å². The largest absolute Gasteiger partial charge is 0.332 e. The zero-order valence-corrected chi connectivity index (χ0v) is 13.1. The van der Waals surface area contributed by atoms with Gasteiger partial charge < -0.3 is 4.98 Å². The molecule has 0 saturated carbocycles. The first-order valence-electron chi connectivity index (χ1n) is 7.17. The van der Waals surface area contributed by atoms with E-state index >= 15 is 0 Å². The molecule has 0 bridgehead atoms. The molecule has 8 nitrogen and oxygen atoms in total. The van der Waals surface area contributed by atoms with E-state index in [1.165, 1.54) is 14.1 Å². The number of benzene rings is 1. The van der Waals surface area contributed by atoms with Gasteiger partial charge in [-0.3, -0.25) is 23.5 Å². The van der Waals surface area contributed by atoms with E-state index in [4.69, 9.17) is 0 Å². The molecular weight excluding hydrogens is 312 g/mol. The number of H-pyrrole nitrogens is 1. The third-order valence-corrected chi connectivity index (χ3v) is 3.81. The van der Waals surface area contributed by atoms with Gasteiger partial charge in [0.25, 0.3) is 11.1 Å². The summed E-state index contributed by atoms with van der Waals surface area (Å²) in [5.74, 6) is -0.283. The molecule has 0 atom stereocenters. The van der Waals surface area contributed by atoms with Gasteiger partial charge in [-0.1, -0.05) is 30.3 Å². The Bertz CT molecular complexity index is 1120. The molecule has 0 unspecified atom stereocenters. The van der Waals surface area contributed by atoms with Gasteiger partial charge >= 0.3 is 5.69 Å². The van der Waals surface area contributed by atoms with Gasteiger partial charge in [0, 0.05) is 19.7 Å². The summed E-state index contributed by atoms with van der Waals surface area (Å²) < 4.78 is 2.03. The molecule has 3 rings (SSSR count). The summed E-state index contributed by atoms with van der Waals surface area (Å²) in [6.45, 7) is 0. The Labute approximate surface area is 135 Å². The number of rotatable bonds is 3. The smallest absolute Gasteiger partial charge is 0.305 e. The number of aromatic amines is 1. The highest BCUT2D eigenvalue weighted by Crippen LogP contribution is 2.05. The normalized spacial score (nSPS) is 10.9. The maximum atomic E-state index is 12.2. The SMILES string of the molecule is Cn1c(=O)c2nc(CC(=O)c3ccccc3)c(=O)[nH]c2n(C)c1=O. The molecule has 0 radical (unpaired) electrons. The molecular formula is C16H14N4O4. The first-order chi connectivity index (χ1) is 11.4. The molecule has 0 aliphatic rings. The molecule has 0 amide bonds. The van der Waals surface area contributed by atoms with Crippen LogP contribution in [-0.4, -0.2) is 24.9 Å². The van der Waals surface area contributed by atoms with E-state index in [0.29, 0.717) is 5.56 Å². The van der Waals surface area contributed by atoms with E-state index in [2.05, 4.69) is 9.97 Å². The van der Waals surface area contributed by atoms with Crippen molar-refractivity contribution in [2.75, 3.05) is 0 Å². The summed E-state index contributed by atoms with van der Waals surface area (Å²) in [5, 5.41) is 0. The Morgan fingerprint density at radius 2 is 1.75 bits per heavy atom. The number of Topliss-reactive ketones (excluding diaryl/α,β-unsaturated/α-hetero) is 1. The molecule has 0 aliphatic carbocycles. The van der Waals surface area contributed by atoms with Crippen molar-refractivity contribution in [3.8, 4) is 0 Å². The predicted molar refractivity (Wildman–Crippen MR) is 87.3 cm³/mol. The van der Waals surface area contributed by atoms with Crippen LogP contribution in [0.15, 0.2) is 44.7 Å². The summed E-state index contributed by atoms with van der Waals surface area (Å²) in [7, 11) is 2.75. The zero-order chi connectivity index (χ0) is 17.4. The van der Waals surface area contributed by atoms with Crippen LogP contribution in [0.3, 0.4) is 0 Å². The number of carbonyl (C=O) groups is 1. The van der Waals surface area contributed by atoms with Crippen molar-refractivity contribution >= 4 is 16.9 Å². The van der Waals surface area contributed by atoms with Gasteiger partial charge in [-0.25, -0.2) is 9.78 Å². The summed E-state index contributed by atoms with van der Waals surface area (Å²) in [6, 6.07) is 8.50. The lowest BCUT2D eigenvalue weighted by Gasteiger charge is -2.07. The fourth-order valence-electron chi connectivity index (χ4n) is 2.43. The average molecular weight is 326 g/mol. The maximum Gasteiger partial charge on any atom is 0.332 e. The van der Waals surface area contributed by atoms with Gasteiger partial charge in [0.05, 0.1) is 6.42 Å². The van der Waals surface area contributed by atoms with E-state index in [0.717, 1.165) is 9.13 Å². The summed E-state index contributed by atoms with van der Waals surface area (Å²) >= 11 is 0. The van der Waals surface area contributed by atoms with Crippen LogP contribution in [0, 0.1) is 0 Å². The lowest BCUT2D eigenvalue weighted by molar-refractivity contribution is 0.0991. The summed E-state index contributed by atoms with van der Waals surface area (Å²) in [6.07, 6.45) is -0.235. The highest BCUT2D eigenvalue weighted by Gasteiger charge is 2.16. The Hall–Kier alpha value is -3.29. The second-order valence-corrected chi connectivity index (χ2v) is 5.38. The average Bonchev–Trinajstić information content (AvgIpc) is 2.60. The topological polar surface area (TPSA) is 107 Å². The van der Waals surface area contributed by atoms with Crippen LogP contribution in [0.1, 0.15) is 16.1 Å². The minimum atomic E-state index is -0.627. The number of nitrogens with one attached hydrogen (secondary N) is 1. The molecule has 0 aliphatic heterocycles. The van der Waals surface area contributed by atoms with E-state index < -0.39 is 16.8 Å². The molecule has 3 aromatic rings. The first-order valence-corrected chi connectivity index (χ1v) is 7.17. The van der Waals surface area contributed by atoms with E-state index in [1.54, 1.807) is 30.3 Å². The van der Waals surface area contributed by atoms with Crippen molar-refractivity contribution in [1.82, 2.24) is 19.1 Å². The molecule has 24 heavy (non-hydrogen) atoms. The van der Waals surface area contributed by atoms with Crippen molar-refractivity contribution in [2.24, 2.45) is 14.1 Å². The van der Waals surface area contributed by atoms with Crippen LogP contribution >= 0.6 is 0 Å². The molecule has 0 spiro atoms. The zero-order valence-electron chi connectivity index (χ0n) is 13.1. The third-order valence-electron chi connectivity index (χ3n) is 3.81. The number of hydrogen-bond acceptors (Lipinski definition) is 5. The first kappa shape index (κ1) is 15.6. The quantitative estimate of drug-likeness (QED) is 0.668. The lowest BCUT2D eigenvalue weighted by atomic mass is 10.1. The van der Waals surface area contributed by atoms with Crippen molar-refractivity contribution < 1.29 is 4.79 Å². The van der Waals surface area contributed by atoms with Gasteiger partial charge in [0.1, 0.15) is 11.3 Å². The van der Waals surface area contributed by atoms with Crippen LogP contribution in [0.25, 0.3) is 11.2 Å². The number of carbonyl (C=O) groups excluding carboxylic acids is 1. The second-order valence-electron chi connectivity index (χ2n) is 5.38. The third kappa shape index (κ3) is 2.47. The number of hydrogen-bond donors (Lipinski definition) is 1. The van der Waals surface area contributed by atoms with E-state index in [1.807, 2.05) is 0 Å². The van der Waals surface area contributed by atoms with Gasteiger partial charge in [-0.05, 0) is 0 Å². The molecule has 2 heterocycles. The highest BCUT2D eigenvalue weighted by molar-refractivity contribution is 5.97. The van der Waals surface area contributed by atoms with Crippen LogP contribution < -0.4 is 16.8 Å². The summed E-state index contributed by atoms with van der Waals surface area (Å²) in [4.78, 5) is 55.0. The molecule has 122 valence electrons. The molecule has 0 saturated heterocycles. The minimum Gasteiger partial charge on any atom is -0.305 e. The van der Waals surface area contributed by atoms with Crippen LogP contribution in [0.5, 0.6) is 0 Å². The Morgan fingerprint density at radius 1 is 1.08 bits per heavy atom. The van der Waals surface area contributed by atoms with Crippen LogP contribution in [-0.2, 0) is 20.5 Å². The fourth-order valence-corrected chi connectivity index (χ4v) is 2.43. The highest BCUT2D eigenvalue weighted by atomic mass is 16.2. The van der Waals surface area contributed by atoms with Crippen LogP contribution in [0.2, 0.25) is 0 Å². The monoisotopic (exact) mass is 326 g/mol. The Kier molecular flexibility index (Phi) is 3.72. The van der Waals surface area contributed by atoms with E-state index in [-0.39, 0.29) is 29.1 Å². The van der Waals surface area contributed by atoms with Gasteiger partial charge in [0.2, 0.25) is 0 Å². The van der Waals surface area contributed by atoms with Crippen molar-refractivity contribution in [1.29, 1.82) is 0 Å². The Morgan fingerprint density at radius 3 is 2.42 bits per heavy atom. The number of fused-ring (bicyclic) bond motifs is 1. The van der Waals surface area contributed by atoms with Crippen molar-refractivity contribution in [3.63, 3.8) is 0 Å². The number of aryl methyl sites for hydroxylation is 1. The minimum absolute atomic E-state index is 0.0315. The number of ketones is 1. The second kappa shape index (κ2) is 5.73. The molecule has 8 heteroatoms. The molecule has 0 fully saturated rings. The van der Waals surface area contributed by atoms with Gasteiger partial charge in [0.15, 0.2) is 11.3 Å². The predicted octanol–water partition coefficient (Wildman–Crippen LogP) is -0.254. The molecule has 1 aromatic carbocycles. The Balaban J connectivity index is 2.16. The van der Waals surface area contributed by atoms with Crippen molar-refractivity contribution in [2.45, 2.75) is 6.42 Å². The summed E-state index contributed by atoms with van der Waals surface area (Å²) in [5.41, 5.74) is -1.44. The standard InChI is InChI=1S/C16H14N4O4/c1-19-13-12(15(23)20(2)16(19)24)17-10(14(22)18-13)8-11(21)9-6-4-3-5-7-9/h3-7H,8H2,1-2H3,(H,18,22). The van der Waals surface area contributed by atoms with Gasteiger partial charge in [-0.2, -0.15) is 0 Å². The maximum absolute atomic E-state index is 12.2. The number of nitrogens with zero attached hydrogens (tertiary/aromatic N) is 3. The lowest BCUT2D eigenvalue weighted by Crippen LogP contribution is -2.39. The molecule has 2 aromatic heterocycles. The fraction of sp³-hybridized carbons (Fsp3) is 0.188. The number of aromatic nitrogens is 4.